The molecule has 2 aliphatic rings. The van der Waals surface area contributed by atoms with Crippen LogP contribution in [-0.2, 0) is 0 Å². The number of pyridine rings is 1. The molecule has 31 heavy (non-hydrogen) atoms. The standard InChI is InChI=1S/C24H18FN5O/c1-14-4-9-19-18(11-14)21-20(23(31-19)15-5-7-17(25)8-6-15)22(16-3-2-10-26-12-16)30-24(29-21)27-13-28-30/h2-13,22-23H,1H3,(H,27,28,29)/t22-,23-/m1/s1. The third kappa shape index (κ3) is 2.81. The number of hydrogen-bond donors (Lipinski definition) is 1. The molecule has 7 heteroatoms. The zero-order chi connectivity index (χ0) is 20.9. The largest absolute Gasteiger partial charge is 0.480 e. The van der Waals surface area contributed by atoms with Gasteiger partial charge in [-0.2, -0.15) is 10.1 Å². The van der Waals surface area contributed by atoms with Gasteiger partial charge in [-0.3, -0.25) is 4.98 Å². The van der Waals surface area contributed by atoms with Crippen LogP contribution < -0.4 is 10.1 Å². The molecular weight excluding hydrogens is 393 g/mol. The summed E-state index contributed by atoms with van der Waals surface area (Å²) in [6.45, 7) is 2.05. The summed E-state index contributed by atoms with van der Waals surface area (Å²) in [6, 6.07) is 16.2. The third-order valence-electron chi connectivity index (χ3n) is 5.74. The van der Waals surface area contributed by atoms with E-state index in [1.54, 1.807) is 18.3 Å². The topological polar surface area (TPSA) is 64.9 Å². The second-order valence-corrected chi connectivity index (χ2v) is 7.72. The molecule has 2 atom stereocenters. The van der Waals surface area contributed by atoms with E-state index in [1.165, 1.54) is 18.5 Å². The molecule has 1 N–H and O–H groups in total. The van der Waals surface area contributed by atoms with Crippen molar-refractivity contribution in [1.29, 1.82) is 0 Å². The van der Waals surface area contributed by atoms with Gasteiger partial charge in [0.2, 0.25) is 5.95 Å². The van der Waals surface area contributed by atoms with Crippen LogP contribution >= 0.6 is 0 Å². The van der Waals surface area contributed by atoms with Gasteiger partial charge < -0.3 is 10.1 Å². The summed E-state index contributed by atoms with van der Waals surface area (Å²) in [7, 11) is 0. The van der Waals surface area contributed by atoms with E-state index in [-0.39, 0.29) is 11.9 Å². The van der Waals surface area contributed by atoms with Crippen molar-refractivity contribution in [3.63, 3.8) is 0 Å². The first-order chi connectivity index (χ1) is 15.2. The molecule has 4 aromatic rings. The first-order valence-electron chi connectivity index (χ1n) is 10.0. The van der Waals surface area contributed by atoms with Gasteiger partial charge in [-0.05, 0) is 48.4 Å². The molecule has 152 valence electrons. The van der Waals surface area contributed by atoms with Crippen LogP contribution in [-0.4, -0.2) is 19.7 Å². The molecule has 6 nitrogen and oxygen atoms in total. The molecule has 2 aromatic carbocycles. The van der Waals surface area contributed by atoms with Crippen LogP contribution in [0.15, 0.2) is 78.9 Å². The van der Waals surface area contributed by atoms with Crippen LogP contribution in [0, 0.1) is 12.7 Å². The summed E-state index contributed by atoms with van der Waals surface area (Å²) < 4.78 is 22.0. The molecule has 0 spiro atoms. The fourth-order valence-corrected chi connectivity index (χ4v) is 4.35. The number of aryl methyl sites for hydroxylation is 1. The number of fused-ring (bicyclic) bond motifs is 3. The van der Waals surface area contributed by atoms with E-state index < -0.39 is 6.10 Å². The molecule has 0 unspecified atom stereocenters. The average molecular weight is 411 g/mol. The minimum Gasteiger partial charge on any atom is -0.480 e. The van der Waals surface area contributed by atoms with Crippen molar-refractivity contribution in [2.75, 3.05) is 5.32 Å². The monoisotopic (exact) mass is 411 g/mol. The van der Waals surface area contributed by atoms with Gasteiger partial charge in [-0.1, -0.05) is 29.8 Å². The fraction of sp³-hybridized carbons (Fsp3) is 0.125. The second kappa shape index (κ2) is 6.77. The lowest BCUT2D eigenvalue weighted by Gasteiger charge is -2.39. The highest BCUT2D eigenvalue weighted by atomic mass is 19.1. The average Bonchev–Trinajstić information content (AvgIpc) is 3.27. The molecule has 0 amide bonds. The Kier molecular flexibility index (Phi) is 3.89. The van der Waals surface area contributed by atoms with Gasteiger partial charge >= 0.3 is 0 Å². The molecule has 0 radical (unpaired) electrons. The van der Waals surface area contributed by atoms with Gasteiger partial charge in [0.15, 0.2) is 0 Å². The Bertz CT molecular complexity index is 1310. The smallest absolute Gasteiger partial charge is 0.226 e. The number of nitrogens with zero attached hydrogens (tertiary/aromatic N) is 4. The van der Waals surface area contributed by atoms with Crippen LogP contribution in [0.1, 0.15) is 34.4 Å². The molecule has 2 aliphatic heterocycles. The Labute approximate surface area is 178 Å². The van der Waals surface area contributed by atoms with E-state index in [1.807, 2.05) is 35.1 Å². The summed E-state index contributed by atoms with van der Waals surface area (Å²) in [4.78, 5) is 8.75. The minimum absolute atomic E-state index is 0.272. The van der Waals surface area contributed by atoms with E-state index in [0.29, 0.717) is 5.95 Å². The first kappa shape index (κ1) is 17.8. The summed E-state index contributed by atoms with van der Waals surface area (Å²) in [5.74, 6) is 1.14. The molecule has 0 saturated carbocycles. The van der Waals surface area contributed by atoms with Crippen molar-refractivity contribution in [1.82, 2.24) is 19.7 Å². The number of nitrogens with one attached hydrogen (secondary N) is 1. The first-order valence-corrected chi connectivity index (χ1v) is 10.0. The van der Waals surface area contributed by atoms with E-state index in [4.69, 9.17) is 4.74 Å². The van der Waals surface area contributed by atoms with Gasteiger partial charge in [-0.25, -0.2) is 9.07 Å². The normalized spacial score (nSPS) is 19.0. The van der Waals surface area contributed by atoms with Gasteiger partial charge in [-0.15, -0.1) is 0 Å². The molecule has 0 fully saturated rings. The molecular formula is C24H18FN5O. The maximum Gasteiger partial charge on any atom is 0.226 e. The number of aromatic nitrogens is 4. The Balaban J connectivity index is 1.64. The Morgan fingerprint density at radius 3 is 2.74 bits per heavy atom. The number of hydrogen-bond acceptors (Lipinski definition) is 5. The highest BCUT2D eigenvalue weighted by Crippen LogP contribution is 2.50. The number of ether oxygens (including phenoxy) is 1. The molecule has 6 rings (SSSR count). The SMILES string of the molecule is Cc1ccc2c(c1)C1=C([C@@H](c3ccc(F)cc3)O2)[C@@H](c2cccnc2)n2ncnc2N1. The number of halogens is 1. The number of benzene rings is 2. The van der Waals surface area contributed by atoms with Gasteiger partial charge in [0.05, 0.1) is 5.70 Å². The Hall–Kier alpha value is -4.00. The molecule has 2 aromatic heterocycles. The summed E-state index contributed by atoms with van der Waals surface area (Å²) >= 11 is 0. The predicted octanol–water partition coefficient (Wildman–Crippen LogP) is 4.68. The van der Waals surface area contributed by atoms with Crippen LogP contribution in [0.3, 0.4) is 0 Å². The van der Waals surface area contributed by atoms with Crippen LogP contribution in [0.5, 0.6) is 5.75 Å². The van der Waals surface area contributed by atoms with E-state index >= 15 is 0 Å². The fourth-order valence-electron chi connectivity index (χ4n) is 4.35. The lowest BCUT2D eigenvalue weighted by atomic mass is 9.85. The maximum atomic E-state index is 13.7. The quantitative estimate of drug-likeness (QED) is 0.519. The van der Waals surface area contributed by atoms with Crippen molar-refractivity contribution in [3.8, 4) is 5.75 Å². The highest BCUT2D eigenvalue weighted by Gasteiger charge is 2.41. The summed E-state index contributed by atoms with van der Waals surface area (Å²) in [6.07, 6.45) is 4.69. The van der Waals surface area contributed by atoms with Crippen LogP contribution in [0.4, 0.5) is 10.3 Å². The van der Waals surface area contributed by atoms with Crippen molar-refractivity contribution in [2.45, 2.75) is 19.1 Å². The lowest BCUT2D eigenvalue weighted by molar-refractivity contribution is 0.223. The van der Waals surface area contributed by atoms with Crippen LogP contribution in [0.25, 0.3) is 5.70 Å². The van der Waals surface area contributed by atoms with Crippen molar-refractivity contribution in [2.24, 2.45) is 0 Å². The zero-order valence-corrected chi connectivity index (χ0v) is 16.7. The number of rotatable bonds is 2. The summed E-state index contributed by atoms with van der Waals surface area (Å²) in [5, 5.41) is 7.95. The molecule has 0 aliphatic carbocycles. The molecule has 0 bridgehead atoms. The van der Waals surface area contributed by atoms with Crippen molar-refractivity contribution in [3.05, 3.63) is 107 Å². The number of anilines is 1. The van der Waals surface area contributed by atoms with Gasteiger partial charge in [0, 0.05) is 23.5 Å². The van der Waals surface area contributed by atoms with Gasteiger partial charge in [0.25, 0.3) is 0 Å². The Morgan fingerprint density at radius 1 is 1.06 bits per heavy atom. The van der Waals surface area contributed by atoms with E-state index in [2.05, 4.69) is 33.4 Å². The molecule has 4 heterocycles. The predicted molar refractivity (Wildman–Crippen MR) is 114 cm³/mol. The lowest BCUT2D eigenvalue weighted by Crippen LogP contribution is -2.32. The van der Waals surface area contributed by atoms with Crippen molar-refractivity contribution < 1.29 is 9.13 Å². The van der Waals surface area contributed by atoms with Gasteiger partial charge in [0.1, 0.15) is 30.0 Å². The van der Waals surface area contributed by atoms with E-state index in [0.717, 1.165) is 39.3 Å². The Morgan fingerprint density at radius 2 is 1.94 bits per heavy atom. The maximum absolute atomic E-state index is 13.7. The highest BCUT2D eigenvalue weighted by molar-refractivity contribution is 5.85. The van der Waals surface area contributed by atoms with E-state index in [9.17, 15) is 4.39 Å². The molecule has 0 saturated heterocycles. The summed E-state index contributed by atoms with van der Waals surface area (Å²) in [5.41, 5.74) is 5.84. The second-order valence-electron chi connectivity index (χ2n) is 7.72. The minimum atomic E-state index is -0.430. The third-order valence-corrected chi connectivity index (χ3v) is 5.74. The van der Waals surface area contributed by atoms with Crippen LogP contribution in [0.2, 0.25) is 0 Å². The zero-order valence-electron chi connectivity index (χ0n) is 16.7. The van der Waals surface area contributed by atoms with Crippen molar-refractivity contribution >= 4 is 11.6 Å².